The maximum Gasteiger partial charge on any atom is 0.229 e. The van der Waals surface area contributed by atoms with Crippen LogP contribution < -0.4 is 10.0 Å². The fourth-order valence-corrected chi connectivity index (χ4v) is 3.07. The molecule has 2 rings (SSSR count). The van der Waals surface area contributed by atoms with Gasteiger partial charge in [-0.05, 0) is 51.1 Å². The molecule has 0 spiro atoms. The van der Waals surface area contributed by atoms with Crippen molar-refractivity contribution >= 4 is 21.4 Å². The molecule has 0 amide bonds. The number of piperidine rings is 1. The van der Waals surface area contributed by atoms with Gasteiger partial charge in [-0.3, -0.25) is 4.72 Å². The van der Waals surface area contributed by atoms with Crippen molar-refractivity contribution in [3.63, 3.8) is 0 Å². The molecule has 1 aromatic carbocycles. The highest BCUT2D eigenvalue weighted by molar-refractivity contribution is 7.92. The summed E-state index contributed by atoms with van der Waals surface area (Å²) in [6.45, 7) is 3.35. The predicted octanol–water partition coefficient (Wildman–Crippen LogP) is 1.95. The lowest BCUT2D eigenvalue weighted by atomic mass is 9.99. The SMILES string of the molecule is CC1CC(Nc2ccc(NS(C)(=O)=O)cc2)CCN1C. The van der Waals surface area contributed by atoms with Crippen molar-refractivity contribution in [3.8, 4) is 0 Å². The molecule has 2 N–H and O–H groups in total. The highest BCUT2D eigenvalue weighted by Crippen LogP contribution is 2.21. The van der Waals surface area contributed by atoms with Crippen LogP contribution in [-0.4, -0.2) is 45.2 Å². The van der Waals surface area contributed by atoms with E-state index in [0.717, 1.165) is 31.3 Å². The minimum absolute atomic E-state index is 0.481. The summed E-state index contributed by atoms with van der Waals surface area (Å²) in [4.78, 5) is 2.37. The first-order valence-corrected chi connectivity index (χ1v) is 8.77. The largest absolute Gasteiger partial charge is 0.382 e. The average Bonchev–Trinajstić information content (AvgIpc) is 2.35. The maximum absolute atomic E-state index is 11.1. The zero-order valence-electron chi connectivity index (χ0n) is 12.3. The molecule has 5 nitrogen and oxygen atoms in total. The second-order valence-corrected chi connectivity index (χ2v) is 7.40. The lowest BCUT2D eigenvalue weighted by Crippen LogP contribution is -2.42. The highest BCUT2D eigenvalue weighted by atomic mass is 32.2. The van der Waals surface area contributed by atoms with Crippen LogP contribution in [0.5, 0.6) is 0 Å². The number of hydrogen-bond acceptors (Lipinski definition) is 4. The highest BCUT2D eigenvalue weighted by Gasteiger charge is 2.22. The molecule has 6 heteroatoms. The third-order valence-electron chi connectivity index (χ3n) is 3.77. The van der Waals surface area contributed by atoms with Gasteiger partial charge in [-0.15, -0.1) is 0 Å². The van der Waals surface area contributed by atoms with Crippen LogP contribution in [0.1, 0.15) is 19.8 Å². The topological polar surface area (TPSA) is 61.4 Å². The van der Waals surface area contributed by atoms with Gasteiger partial charge in [0.1, 0.15) is 0 Å². The van der Waals surface area contributed by atoms with Crippen molar-refractivity contribution in [2.24, 2.45) is 0 Å². The second-order valence-electron chi connectivity index (χ2n) is 5.65. The normalized spacial score (nSPS) is 24.4. The molecule has 1 aromatic rings. The number of rotatable bonds is 4. The van der Waals surface area contributed by atoms with Gasteiger partial charge in [0.15, 0.2) is 0 Å². The number of hydrogen-bond donors (Lipinski definition) is 2. The first-order valence-electron chi connectivity index (χ1n) is 6.88. The third-order valence-corrected chi connectivity index (χ3v) is 4.37. The quantitative estimate of drug-likeness (QED) is 0.892. The molecule has 2 atom stereocenters. The number of benzene rings is 1. The number of sulfonamides is 1. The van der Waals surface area contributed by atoms with Gasteiger partial charge in [0.05, 0.1) is 6.26 Å². The van der Waals surface area contributed by atoms with E-state index in [4.69, 9.17) is 0 Å². The molecule has 1 fully saturated rings. The fourth-order valence-electron chi connectivity index (χ4n) is 2.50. The van der Waals surface area contributed by atoms with Crippen molar-refractivity contribution in [1.82, 2.24) is 4.90 Å². The van der Waals surface area contributed by atoms with E-state index in [0.29, 0.717) is 17.8 Å². The Morgan fingerprint density at radius 1 is 1.20 bits per heavy atom. The molecule has 20 heavy (non-hydrogen) atoms. The van der Waals surface area contributed by atoms with Crippen LogP contribution in [0.2, 0.25) is 0 Å². The summed E-state index contributed by atoms with van der Waals surface area (Å²) < 4.78 is 24.7. The summed E-state index contributed by atoms with van der Waals surface area (Å²) in [5.74, 6) is 0. The van der Waals surface area contributed by atoms with Gasteiger partial charge in [-0.25, -0.2) is 8.42 Å². The van der Waals surface area contributed by atoms with Crippen LogP contribution in [0.25, 0.3) is 0 Å². The maximum atomic E-state index is 11.1. The van der Waals surface area contributed by atoms with Gasteiger partial charge in [0.25, 0.3) is 0 Å². The average molecular weight is 297 g/mol. The molecule has 0 radical (unpaired) electrons. The number of nitrogens with one attached hydrogen (secondary N) is 2. The Morgan fingerprint density at radius 2 is 1.80 bits per heavy atom. The van der Waals surface area contributed by atoms with E-state index in [1.165, 1.54) is 0 Å². The van der Waals surface area contributed by atoms with Crippen molar-refractivity contribution in [2.45, 2.75) is 31.8 Å². The van der Waals surface area contributed by atoms with Gasteiger partial charge < -0.3 is 10.2 Å². The van der Waals surface area contributed by atoms with E-state index < -0.39 is 10.0 Å². The van der Waals surface area contributed by atoms with Crippen molar-refractivity contribution < 1.29 is 8.42 Å². The first kappa shape index (κ1) is 15.1. The lowest BCUT2D eigenvalue weighted by Gasteiger charge is -2.35. The van der Waals surface area contributed by atoms with E-state index in [-0.39, 0.29) is 0 Å². The number of anilines is 2. The molecule has 1 heterocycles. The minimum Gasteiger partial charge on any atom is -0.382 e. The third kappa shape index (κ3) is 4.38. The van der Waals surface area contributed by atoms with Gasteiger partial charge >= 0.3 is 0 Å². The summed E-state index contributed by atoms with van der Waals surface area (Å²) in [5.41, 5.74) is 1.63. The molecule has 0 saturated carbocycles. The molecule has 1 aliphatic heterocycles. The van der Waals surface area contributed by atoms with Crippen LogP contribution in [0.15, 0.2) is 24.3 Å². The van der Waals surface area contributed by atoms with Crippen LogP contribution >= 0.6 is 0 Å². The smallest absolute Gasteiger partial charge is 0.229 e. The molecule has 1 saturated heterocycles. The molecule has 0 aromatic heterocycles. The Labute approximate surface area is 121 Å². The molecular formula is C14H23N3O2S. The Morgan fingerprint density at radius 3 is 2.35 bits per heavy atom. The lowest BCUT2D eigenvalue weighted by molar-refractivity contribution is 0.190. The minimum atomic E-state index is -3.21. The fraction of sp³-hybridized carbons (Fsp3) is 0.571. The molecule has 112 valence electrons. The van der Waals surface area contributed by atoms with E-state index in [1.807, 2.05) is 12.1 Å². The summed E-state index contributed by atoms with van der Waals surface area (Å²) in [6, 6.07) is 8.46. The Hall–Kier alpha value is -1.27. The van der Waals surface area contributed by atoms with Gasteiger partial charge in [-0.2, -0.15) is 0 Å². The van der Waals surface area contributed by atoms with Crippen molar-refractivity contribution in [2.75, 3.05) is 29.9 Å². The zero-order chi connectivity index (χ0) is 14.8. The Kier molecular flexibility index (Phi) is 4.55. The van der Waals surface area contributed by atoms with Crippen molar-refractivity contribution in [3.05, 3.63) is 24.3 Å². The molecule has 0 aliphatic carbocycles. The summed E-state index contributed by atoms with van der Waals surface area (Å²) >= 11 is 0. The van der Waals surface area contributed by atoms with Crippen LogP contribution in [-0.2, 0) is 10.0 Å². The van der Waals surface area contributed by atoms with E-state index in [2.05, 4.69) is 28.9 Å². The Balaban J connectivity index is 1.94. The van der Waals surface area contributed by atoms with Crippen molar-refractivity contribution in [1.29, 1.82) is 0 Å². The molecule has 1 aliphatic rings. The number of nitrogens with zero attached hydrogens (tertiary/aromatic N) is 1. The standard InChI is InChI=1S/C14H23N3O2S/c1-11-10-14(8-9-17(11)2)15-12-4-6-13(7-5-12)16-20(3,18)19/h4-7,11,14-16H,8-10H2,1-3H3. The number of likely N-dealkylation sites (tertiary alicyclic amines) is 1. The van der Waals surface area contributed by atoms with E-state index in [9.17, 15) is 8.42 Å². The summed E-state index contributed by atoms with van der Waals surface area (Å²) in [5, 5.41) is 3.52. The van der Waals surface area contributed by atoms with Gasteiger partial charge in [0, 0.05) is 30.0 Å². The van der Waals surface area contributed by atoms with Gasteiger partial charge in [-0.1, -0.05) is 0 Å². The monoisotopic (exact) mass is 297 g/mol. The Bertz CT molecular complexity index is 542. The molecular weight excluding hydrogens is 274 g/mol. The predicted molar refractivity (Wildman–Crippen MR) is 83.6 cm³/mol. The van der Waals surface area contributed by atoms with Crippen LogP contribution in [0.4, 0.5) is 11.4 Å². The first-order chi connectivity index (χ1) is 9.33. The van der Waals surface area contributed by atoms with Crippen LogP contribution in [0, 0.1) is 0 Å². The van der Waals surface area contributed by atoms with Gasteiger partial charge in [0.2, 0.25) is 10.0 Å². The molecule has 2 unspecified atom stereocenters. The van der Waals surface area contributed by atoms with Crippen LogP contribution in [0.3, 0.4) is 0 Å². The summed E-state index contributed by atoms with van der Waals surface area (Å²) in [7, 11) is -1.05. The second kappa shape index (κ2) is 6.01. The summed E-state index contributed by atoms with van der Waals surface area (Å²) in [6.07, 6.45) is 3.41. The molecule has 0 bridgehead atoms. The van der Waals surface area contributed by atoms with E-state index >= 15 is 0 Å². The van der Waals surface area contributed by atoms with E-state index in [1.54, 1.807) is 12.1 Å². The zero-order valence-corrected chi connectivity index (χ0v) is 13.1.